The molecule has 0 spiro atoms. The van der Waals surface area contributed by atoms with Crippen molar-refractivity contribution in [2.75, 3.05) is 5.32 Å². The number of hydrogen-bond acceptors (Lipinski definition) is 4. The van der Waals surface area contributed by atoms with Crippen LogP contribution in [0.1, 0.15) is 5.56 Å². The van der Waals surface area contributed by atoms with Crippen LogP contribution in [0.2, 0.25) is 0 Å². The van der Waals surface area contributed by atoms with Gasteiger partial charge in [0.25, 0.3) is 0 Å². The highest BCUT2D eigenvalue weighted by Gasteiger charge is 2.09. The summed E-state index contributed by atoms with van der Waals surface area (Å²) in [5, 5.41) is 4.71. The summed E-state index contributed by atoms with van der Waals surface area (Å²) in [7, 11) is 0. The maximum Gasteiger partial charge on any atom is 0.127 e. The van der Waals surface area contributed by atoms with Crippen molar-refractivity contribution in [2.24, 2.45) is 0 Å². The van der Waals surface area contributed by atoms with E-state index in [1.807, 2.05) is 36.7 Å². The quantitative estimate of drug-likeness (QED) is 0.436. The number of hydrogen-bond donors (Lipinski definition) is 2. The Morgan fingerprint density at radius 2 is 1.83 bits per heavy atom. The molecule has 2 N–H and O–H groups in total. The normalized spacial score (nSPS) is 10.9. The molecule has 0 unspecified atom stereocenters. The van der Waals surface area contributed by atoms with E-state index < -0.39 is 0 Å². The first kappa shape index (κ1) is 17.1. The van der Waals surface area contributed by atoms with Crippen molar-refractivity contribution >= 4 is 16.7 Å². The van der Waals surface area contributed by atoms with Crippen LogP contribution >= 0.6 is 0 Å². The topological polar surface area (TPSA) is 66.5 Å². The van der Waals surface area contributed by atoms with E-state index in [2.05, 4.69) is 62.7 Å². The summed E-state index contributed by atoms with van der Waals surface area (Å²) in [5.74, 6) is 0.805. The first-order chi connectivity index (χ1) is 14.4. The summed E-state index contributed by atoms with van der Waals surface area (Å²) < 4.78 is 0. The van der Waals surface area contributed by atoms with E-state index in [0.717, 1.165) is 33.8 Å². The number of benzene rings is 1. The molecule has 140 valence electrons. The molecule has 0 saturated carbocycles. The Balaban J connectivity index is 1.52. The van der Waals surface area contributed by atoms with Gasteiger partial charge in [0.05, 0.1) is 11.4 Å². The lowest BCUT2D eigenvalue weighted by Gasteiger charge is -2.11. The van der Waals surface area contributed by atoms with Crippen LogP contribution < -0.4 is 5.32 Å². The van der Waals surface area contributed by atoms with Gasteiger partial charge in [-0.2, -0.15) is 0 Å². The van der Waals surface area contributed by atoms with Crippen LogP contribution in [0, 0.1) is 0 Å². The van der Waals surface area contributed by atoms with Crippen molar-refractivity contribution in [3.05, 3.63) is 97.1 Å². The van der Waals surface area contributed by atoms with Crippen molar-refractivity contribution in [1.82, 2.24) is 19.9 Å². The zero-order valence-electron chi connectivity index (χ0n) is 15.7. The molecule has 0 bridgehead atoms. The number of anilines is 1. The summed E-state index contributed by atoms with van der Waals surface area (Å²) in [6, 6.07) is 22.3. The number of rotatable bonds is 5. The third-order valence-electron chi connectivity index (χ3n) is 4.89. The van der Waals surface area contributed by atoms with Crippen LogP contribution in [0.3, 0.4) is 0 Å². The third-order valence-corrected chi connectivity index (χ3v) is 4.89. The van der Waals surface area contributed by atoms with Gasteiger partial charge < -0.3 is 10.3 Å². The molecule has 1 aromatic carbocycles. The average Bonchev–Trinajstić information content (AvgIpc) is 3.28. The van der Waals surface area contributed by atoms with Gasteiger partial charge in [0.2, 0.25) is 0 Å². The number of aromatic nitrogens is 4. The van der Waals surface area contributed by atoms with E-state index in [9.17, 15) is 0 Å². The molecule has 0 fully saturated rings. The lowest BCUT2D eigenvalue weighted by atomic mass is 10.1. The van der Waals surface area contributed by atoms with E-state index in [1.54, 1.807) is 12.4 Å². The minimum atomic E-state index is 0.681. The minimum Gasteiger partial charge on any atom is -0.366 e. The maximum atomic E-state index is 4.81. The summed E-state index contributed by atoms with van der Waals surface area (Å²) in [6.45, 7) is 0.681. The molecule has 4 heterocycles. The number of fused-ring (bicyclic) bond motifs is 1. The Kier molecular flexibility index (Phi) is 4.47. The molecule has 4 aromatic heterocycles. The first-order valence-electron chi connectivity index (χ1n) is 9.49. The third kappa shape index (κ3) is 3.58. The van der Waals surface area contributed by atoms with Gasteiger partial charge in [0.1, 0.15) is 5.82 Å². The SMILES string of the molecule is c1ccc(-c2cc(-c3cccnc3)cc(NCc3cccc4[nH]ccc34)n2)nc1. The highest BCUT2D eigenvalue weighted by Crippen LogP contribution is 2.27. The van der Waals surface area contributed by atoms with Gasteiger partial charge in [0, 0.05) is 47.8 Å². The molecular formula is C24H19N5. The fourth-order valence-corrected chi connectivity index (χ4v) is 3.46. The molecule has 0 aliphatic rings. The number of nitrogens with one attached hydrogen (secondary N) is 2. The molecule has 0 atom stereocenters. The van der Waals surface area contributed by atoms with Crippen LogP contribution in [-0.2, 0) is 6.54 Å². The fourth-order valence-electron chi connectivity index (χ4n) is 3.46. The molecule has 5 aromatic rings. The van der Waals surface area contributed by atoms with E-state index >= 15 is 0 Å². The highest BCUT2D eigenvalue weighted by molar-refractivity contribution is 5.83. The predicted molar refractivity (Wildman–Crippen MR) is 116 cm³/mol. The van der Waals surface area contributed by atoms with E-state index in [1.165, 1.54) is 10.9 Å². The van der Waals surface area contributed by atoms with Crippen molar-refractivity contribution in [2.45, 2.75) is 6.54 Å². The van der Waals surface area contributed by atoms with Crippen LogP contribution in [-0.4, -0.2) is 19.9 Å². The second-order valence-corrected chi connectivity index (χ2v) is 6.79. The van der Waals surface area contributed by atoms with Crippen LogP contribution in [0.15, 0.2) is 91.5 Å². The van der Waals surface area contributed by atoms with Gasteiger partial charge in [-0.1, -0.05) is 24.3 Å². The number of pyridine rings is 3. The Bertz CT molecular complexity index is 1190. The van der Waals surface area contributed by atoms with Crippen LogP contribution in [0.5, 0.6) is 0 Å². The van der Waals surface area contributed by atoms with Crippen molar-refractivity contribution in [1.29, 1.82) is 0 Å². The molecular weight excluding hydrogens is 358 g/mol. The summed E-state index contributed by atoms with van der Waals surface area (Å²) in [4.78, 5) is 16.8. The lowest BCUT2D eigenvalue weighted by molar-refractivity contribution is 1.12. The van der Waals surface area contributed by atoms with E-state index in [4.69, 9.17) is 4.98 Å². The Labute approximate surface area is 168 Å². The first-order valence-corrected chi connectivity index (χ1v) is 9.49. The molecule has 0 aliphatic heterocycles. The van der Waals surface area contributed by atoms with Crippen molar-refractivity contribution < 1.29 is 0 Å². The molecule has 0 radical (unpaired) electrons. The predicted octanol–water partition coefficient (Wildman–Crippen LogP) is 5.30. The maximum absolute atomic E-state index is 4.81. The van der Waals surface area contributed by atoms with E-state index in [-0.39, 0.29) is 0 Å². The fraction of sp³-hybridized carbons (Fsp3) is 0.0417. The lowest BCUT2D eigenvalue weighted by Crippen LogP contribution is -2.03. The summed E-state index contributed by atoms with van der Waals surface area (Å²) >= 11 is 0. The highest BCUT2D eigenvalue weighted by atomic mass is 15.0. The number of nitrogens with zero attached hydrogens (tertiary/aromatic N) is 3. The van der Waals surface area contributed by atoms with Gasteiger partial charge in [0.15, 0.2) is 0 Å². The van der Waals surface area contributed by atoms with Crippen molar-refractivity contribution in [3.63, 3.8) is 0 Å². The Hall–Kier alpha value is -3.99. The largest absolute Gasteiger partial charge is 0.366 e. The van der Waals surface area contributed by atoms with Gasteiger partial charge in [-0.25, -0.2) is 4.98 Å². The molecule has 29 heavy (non-hydrogen) atoms. The standard InChI is InChI=1S/C24H19N5/c1-2-11-26-22(7-1)23-13-19(17-6-4-10-25-15-17)14-24(29-23)28-16-18-5-3-8-21-20(18)9-12-27-21/h1-15,27H,16H2,(H,28,29). The zero-order valence-corrected chi connectivity index (χ0v) is 15.7. The Morgan fingerprint density at radius 3 is 2.69 bits per heavy atom. The van der Waals surface area contributed by atoms with Gasteiger partial charge in [-0.3, -0.25) is 9.97 Å². The summed E-state index contributed by atoms with van der Waals surface area (Å²) in [5.41, 5.74) is 6.12. The number of H-pyrrole nitrogens is 1. The average molecular weight is 377 g/mol. The smallest absolute Gasteiger partial charge is 0.127 e. The second kappa shape index (κ2) is 7.56. The van der Waals surface area contributed by atoms with Gasteiger partial charge in [-0.05, 0) is 53.6 Å². The van der Waals surface area contributed by atoms with Crippen LogP contribution in [0.4, 0.5) is 5.82 Å². The molecule has 0 amide bonds. The molecule has 0 aliphatic carbocycles. The van der Waals surface area contributed by atoms with Crippen molar-refractivity contribution in [3.8, 4) is 22.5 Å². The molecule has 5 heteroatoms. The monoisotopic (exact) mass is 377 g/mol. The Morgan fingerprint density at radius 1 is 0.828 bits per heavy atom. The van der Waals surface area contributed by atoms with E-state index in [0.29, 0.717) is 6.54 Å². The number of aromatic amines is 1. The molecule has 5 nitrogen and oxygen atoms in total. The van der Waals surface area contributed by atoms with Gasteiger partial charge >= 0.3 is 0 Å². The van der Waals surface area contributed by atoms with Gasteiger partial charge in [-0.15, -0.1) is 0 Å². The van der Waals surface area contributed by atoms with Crippen LogP contribution in [0.25, 0.3) is 33.4 Å². The zero-order chi connectivity index (χ0) is 19.5. The second-order valence-electron chi connectivity index (χ2n) is 6.79. The molecule has 0 saturated heterocycles. The molecule has 5 rings (SSSR count). The minimum absolute atomic E-state index is 0.681. The summed E-state index contributed by atoms with van der Waals surface area (Å²) in [6.07, 6.45) is 7.39.